The van der Waals surface area contributed by atoms with Crippen LogP contribution in [0.4, 0.5) is 11.4 Å². The molecule has 2 amide bonds. The van der Waals surface area contributed by atoms with E-state index in [4.69, 9.17) is 0 Å². The van der Waals surface area contributed by atoms with Crippen molar-refractivity contribution in [1.29, 1.82) is 0 Å². The minimum absolute atomic E-state index is 0.0932. The third-order valence-corrected chi connectivity index (χ3v) is 4.30. The summed E-state index contributed by atoms with van der Waals surface area (Å²) in [7, 11) is 0. The first kappa shape index (κ1) is 17.2. The highest BCUT2D eigenvalue weighted by molar-refractivity contribution is 6.06. The Morgan fingerprint density at radius 1 is 1.00 bits per heavy atom. The van der Waals surface area contributed by atoms with Gasteiger partial charge in [0.15, 0.2) is 0 Å². The van der Waals surface area contributed by atoms with E-state index in [-0.39, 0.29) is 18.4 Å². The van der Waals surface area contributed by atoms with Crippen molar-refractivity contribution in [3.63, 3.8) is 0 Å². The number of carbonyl (C=O) groups excluding carboxylic acids is 2. The molecule has 0 unspecified atom stereocenters. The second-order valence-electron chi connectivity index (χ2n) is 6.42. The molecule has 1 fully saturated rings. The monoisotopic (exact) mass is 337 g/mol. The Bertz CT molecular complexity index is 755. The van der Waals surface area contributed by atoms with E-state index >= 15 is 0 Å². The van der Waals surface area contributed by atoms with E-state index in [1.807, 2.05) is 43.3 Å². The van der Waals surface area contributed by atoms with Crippen LogP contribution in [0.25, 0.3) is 0 Å². The molecule has 0 atom stereocenters. The lowest BCUT2D eigenvalue weighted by Crippen LogP contribution is -2.29. The molecule has 0 aliphatic heterocycles. The summed E-state index contributed by atoms with van der Waals surface area (Å²) in [5.41, 5.74) is 2.71. The van der Waals surface area contributed by atoms with E-state index in [0.717, 1.165) is 23.7 Å². The maximum atomic E-state index is 12.5. The molecule has 0 radical (unpaired) electrons. The lowest BCUT2D eigenvalue weighted by molar-refractivity contribution is -0.115. The van der Waals surface area contributed by atoms with Gasteiger partial charge in [0.25, 0.3) is 5.91 Å². The van der Waals surface area contributed by atoms with Gasteiger partial charge in [-0.25, -0.2) is 0 Å². The second-order valence-corrected chi connectivity index (χ2v) is 6.42. The maximum Gasteiger partial charge on any atom is 0.256 e. The third kappa shape index (κ3) is 4.90. The van der Waals surface area contributed by atoms with Crippen molar-refractivity contribution < 1.29 is 9.59 Å². The molecular formula is C20H23N3O2. The first-order valence-electron chi connectivity index (χ1n) is 8.60. The van der Waals surface area contributed by atoms with E-state index in [2.05, 4.69) is 16.0 Å². The number of hydrogen-bond acceptors (Lipinski definition) is 3. The highest BCUT2D eigenvalue weighted by Gasteiger charge is 2.20. The van der Waals surface area contributed by atoms with Gasteiger partial charge in [0.05, 0.1) is 6.54 Å². The average Bonchev–Trinajstić information content (AvgIpc) is 3.42. The fourth-order valence-electron chi connectivity index (χ4n) is 2.64. The minimum Gasteiger partial charge on any atom is -0.325 e. The fourth-order valence-corrected chi connectivity index (χ4v) is 2.64. The SMILES string of the molecule is Cc1c(NC(=O)CNCC2CC2)cccc1C(=O)Nc1ccccc1. The summed E-state index contributed by atoms with van der Waals surface area (Å²) in [6.07, 6.45) is 2.51. The Kier molecular flexibility index (Phi) is 5.46. The van der Waals surface area contributed by atoms with Gasteiger partial charge >= 0.3 is 0 Å². The van der Waals surface area contributed by atoms with Crippen molar-refractivity contribution in [3.8, 4) is 0 Å². The van der Waals surface area contributed by atoms with Gasteiger partial charge in [-0.2, -0.15) is 0 Å². The number of anilines is 2. The molecule has 5 heteroatoms. The molecule has 2 aromatic carbocycles. The number of nitrogens with one attached hydrogen (secondary N) is 3. The van der Waals surface area contributed by atoms with E-state index in [9.17, 15) is 9.59 Å². The van der Waals surface area contributed by atoms with Crippen LogP contribution in [-0.2, 0) is 4.79 Å². The molecule has 5 nitrogen and oxygen atoms in total. The van der Waals surface area contributed by atoms with Gasteiger partial charge in [-0.3, -0.25) is 9.59 Å². The zero-order valence-electron chi connectivity index (χ0n) is 14.3. The van der Waals surface area contributed by atoms with Crippen molar-refractivity contribution in [2.45, 2.75) is 19.8 Å². The molecule has 0 heterocycles. The van der Waals surface area contributed by atoms with Gasteiger partial charge in [0.1, 0.15) is 0 Å². The first-order valence-corrected chi connectivity index (χ1v) is 8.60. The number of carbonyl (C=O) groups is 2. The third-order valence-electron chi connectivity index (χ3n) is 4.30. The van der Waals surface area contributed by atoms with Gasteiger partial charge in [-0.15, -0.1) is 0 Å². The van der Waals surface area contributed by atoms with Crippen LogP contribution >= 0.6 is 0 Å². The Hall–Kier alpha value is -2.66. The number of hydrogen-bond donors (Lipinski definition) is 3. The van der Waals surface area contributed by atoms with Crippen molar-refractivity contribution in [2.24, 2.45) is 5.92 Å². The average molecular weight is 337 g/mol. The molecule has 1 aliphatic carbocycles. The molecule has 0 aromatic heterocycles. The van der Waals surface area contributed by atoms with Gasteiger partial charge in [0.2, 0.25) is 5.91 Å². The van der Waals surface area contributed by atoms with Crippen LogP contribution in [0.2, 0.25) is 0 Å². The maximum absolute atomic E-state index is 12.5. The Balaban J connectivity index is 1.62. The largest absolute Gasteiger partial charge is 0.325 e. The van der Waals surface area contributed by atoms with Crippen LogP contribution in [0.1, 0.15) is 28.8 Å². The molecule has 1 aliphatic rings. The molecule has 3 rings (SSSR count). The van der Waals surface area contributed by atoms with Crippen LogP contribution in [0, 0.1) is 12.8 Å². The van der Waals surface area contributed by atoms with E-state index < -0.39 is 0 Å². The summed E-state index contributed by atoms with van der Waals surface area (Å²) in [5.74, 6) is 0.454. The second kappa shape index (κ2) is 7.94. The number of rotatable bonds is 7. The highest BCUT2D eigenvalue weighted by atomic mass is 16.2. The zero-order valence-corrected chi connectivity index (χ0v) is 14.3. The Morgan fingerprint density at radius 3 is 2.48 bits per heavy atom. The summed E-state index contributed by atoms with van der Waals surface area (Å²) < 4.78 is 0. The molecule has 25 heavy (non-hydrogen) atoms. The number of benzene rings is 2. The number of amides is 2. The van der Waals surface area contributed by atoms with E-state index in [1.54, 1.807) is 12.1 Å². The molecule has 130 valence electrons. The lowest BCUT2D eigenvalue weighted by Gasteiger charge is -2.13. The molecule has 0 spiro atoms. The molecule has 0 bridgehead atoms. The van der Waals surface area contributed by atoms with Crippen LogP contribution in [-0.4, -0.2) is 24.9 Å². The molecule has 2 aromatic rings. The minimum atomic E-state index is -0.188. The summed E-state index contributed by atoms with van der Waals surface area (Å²) in [4.78, 5) is 24.6. The summed E-state index contributed by atoms with van der Waals surface area (Å²) in [5, 5.41) is 8.92. The quantitative estimate of drug-likeness (QED) is 0.727. The van der Waals surface area contributed by atoms with Gasteiger partial charge in [-0.05, 0) is 62.1 Å². The smallest absolute Gasteiger partial charge is 0.256 e. The van der Waals surface area contributed by atoms with Crippen LogP contribution in [0.5, 0.6) is 0 Å². The van der Waals surface area contributed by atoms with Crippen LogP contribution in [0.15, 0.2) is 48.5 Å². The molecule has 0 saturated heterocycles. The van der Waals surface area contributed by atoms with Crippen molar-refractivity contribution in [2.75, 3.05) is 23.7 Å². The lowest BCUT2D eigenvalue weighted by atomic mass is 10.1. The van der Waals surface area contributed by atoms with Crippen LogP contribution < -0.4 is 16.0 Å². The van der Waals surface area contributed by atoms with Crippen molar-refractivity contribution in [3.05, 3.63) is 59.7 Å². The van der Waals surface area contributed by atoms with Crippen molar-refractivity contribution >= 4 is 23.2 Å². The topological polar surface area (TPSA) is 70.2 Å². The van der Waals surface area contributed by atoms with E-state index in [0.29, 0.717) is 11.3 Å². The highest BCUT2D eigenvalue weighted by Crippen LogP contribution is 2.27. The van der Waals surface area contributed by atoms with Gasteiger partial charge < -0.3 is 16.0 Å². The van der Waals surface area contributed by atoms with Gasteiger partial charge in [0, 0.05) is 16.9 Å². The summed E-state index contributed by atoms with van der Waals surface area (Å²) in [6, 6.07) is 14.7. The summed E-state index contributed by atoms with van der Waals surface area (Å²) >= 11 is 0. The number of para-hydroxylation sites is 1. The molecular weight excluding hydrogens is 314 g/mol. The Labute approximate surface area is 147 Å². The molecule has 3 N–H and O–H groups in total. The molecule has 1 saturated carbocycles. The normalized spacial score (nSPS) is 13.3. The van der Waals surface area contributed by atoms with Crippen LogP contribution in [0.3, 0.4) is 0 Å². The standard InChI is InChI=1S/C20H23N3O2/c1-14-17(20(25)22-16-6-3-2-4-7-16)8-5-9-18(14)23-19(24)13-21-12-15-10-11-15/h2-9,15,21H,10-13H2,1H3,(H,22,25)(H,23,24). The predicted octanol–water partition coefficient (Wildman–Crippen LogP) is 3.19. The van der Waals surface area contributed by atoms with Crippen molar-refractivity contribution in [1.82, 2.24) is 5.32 Å². The zero-order chi connectivity index (χ0) is 17.6. The van der Waals surface area contributed by atoms with E-state index in [1.165, 1.54) is 12.8 Å². The predicted molar refractivity (Wildman–Crippen MR) is 99.8 cm³/mol. The fraction of sp³-hybridized carbons (Fsp3) is 0.300. The first-order chi connectivity index (χ1) is 12.1. The summed E-state index contributed by atoms with van der Waals surface area (Å²) in [6.45, 7) is 3.02. The van der Waals surface area contributed by atoms with Gasteiger partial charge in [-0.1, -0.05) is 24.3 Å². The Morgan fingerprint density at radius 2 is 1.76 bits per heavy atom.